The second kappa shape index (κ2) is 2.35. The lowest BCUT2D eigenvalue weighted by molar-refractivity contribution is -0.640. The van der Waals surface area contributed by atoms with Crippen molar-refractivity contribution in [2.45, 2.75) is 6.54 Å². The van der Waals surface area contributed by atoms with Gasteiger partial charge in [0.05, 0.1) is 4.70 Å². The molecule has 3 nitrogen and oxygen atoms in total. The first-order valence-corrected chi connectivity index (χ1v) is 5.12. The summed E-state index contributed by atoms with van der Waals surface area (Å²) in [5.74, 6) is 0. The summed E-state index contributed by atoms with van der Waals surface area (Å²) < 4.78 is 3.59. The normalized spacial score (nSPS) is 14.5. The predicted molar refractivity (Wildman–Crippen MR) is 54.9 cm³/mol. The number of fused-ring (bicyclic) bond motifs is 3. The van der Waals surface area contributed by atoms with Gasteiger partial charge in [0.1, 0.15) is 18.6 Å². The van der Waals surface area contributed by atoms with Crippen LogP contribution in [-0.4, -0.2) is 6.54 Å². The van der Waals surface area contributed by atoms with Crippen LogP contribution in [-0.2, 0) is 6.54 Å². The molecule has 13 heavy (non-hydrogen) atoms. The standard InChI is InChI=1S/C9H9N3S/c10-6-1-2-8-7(5-6)12-4-3-11-9(12)13-8/h1-2,5H,3-4,10H2/p+1. The molecule has 0 radical (unpaired) electrons. The van der Waals surface area contributed by atoms with E-state index in [0.29, 0.717) is 0 Å². The average Bonchev–Trinajstić information content (AvgIpc) is 2.64. The number of aromatic nitrogens is 1. The molecule has 1 aromatic carbocycles. The van der Waals surface area contributed by atoms with Crippen molar-refractivity contribution < 1.29 is 4.57 Å². The first-order valence-electron chi connectivity index (χ1n) is 4.30. The number of nitrogen functional groups attached to an aromatic ring is 1. The van der Waals surface area contributed by atoms with Crippen LogP contribution in [0.4, 0.5) is 10.8 Å². The third kappa shape index (κ3) is 0.920. The first-order chi connectivity index (χ1) is 6.34. The third-order valence-electron chi connectivity index (χ3n) is 2.34. The molecule has 1 aliphatic heterocycles. The van der Waals surface area contributed by atoms with Gasteiger partial charge in [-0.2, -0.15) is 0 Å². The van der Waals surface area contributed by atoms with Crippen molar-refractivity contribution in [1.82, 2.24) is 0 Å². The number of nitrogens with two attached hydrogens (primary N) is 1. The van der Waals surface area contributed by atoms with E-state index in [1.807, 2.05) is 12.1 Å². The van der Waals surface area contributed by atoms with E-state index in [9.17, 15) is 0 Å². The van der Waals surface area contributed by atoms with Crippen LogP contribution in [0.1, 0.15) is 0 Å². The van der Waals surface area contributed by atoms with Crippen LogP contribution in [0.25, 0.3) is 10.2 Å². The maximum absolute atomic E-state index is 5.75. The lowest BCUT2D eigenvalue weighted by atomic mass is 10.3. The SMILES string of the molecule is Nc1ccc2sc3[n+](c2c1)CCN3. The number of benzene rings is 1. The van der Waals surface area contributed by atoms with Crippen LogP contribution in [0.2, 0.25) is 0 Å². The number of thiazole rings is 1. The Morgan fingerprint density at radius 2 is 2.38 bits per heavy atom. The highest BCUT2D eigenvalue weighted by Gasteiger charge is 2.23. The van der Waals surface area contributed by atoms with Crippen molar-refractivity contribution in [1.29, 1.82) is 0 Å². The van der Waals surface area contributed by atoms with E-state index < -0.39 is 0 Å². The van der Waals surface area contributed by atoms with Crippen LogP contribution in [0.5, 0.6) is 0 Å². The quantitative estimate of drug-likeness (QED) is 0.486. The van der Waals surface area contributed by atoms with Gasteiger partial charge >= 0.3 is 5.13 Å². The molecule has 0 fully saturated rings. The van der Waals surface area contributed by atoms with Crippen LogP contribution in [0, 0.1) is 0 Å². The zero-order chi connectivity index (χ0) is 8.84. The van der Waals surface area contributed by atoms with Gasteiger partial charge in [0, 0.05) is 11.8 Å². The largest absolute Gasteiger partial charge is 0.399 e. The van der Waals surface area contributed by atoms with Crippen LogP contribution >= 0.6 is 11.3 Å². The highest BCUT2D eigenvalue weighted by atomic mass is 32.1. The van der Waals surface area contributed by atoms with E-state index in [2.05, 4.69) is 16.0 Å². The fourth-order valence-electron chi connectivity index (χ4n) is 1.73. The summed E-state index contributed by atoms with van der Waals surface area (Å²) >= 11 is 1.79. The molecule has 0 spiro atoms. The maximum atomic E-state index is 5.75. The Hall–Kier alpha value is -1.29. The summed E-state index contributed by atoms with van der Waals surface area (Å²) in [5, 5.41) is 4.60. The molecule has 1 aromatic heterocycles. The maximum Gasteiger partial charge on any atom is 0.335 e. The minimum absolute atomic E-state index is 0.840. The summed E-state index contributed by atoms with van der Waals surface area (Å²) in [6.07, 6.45) is 0. The van der Waals surface area contributed by atoms with Crippen LogP contribution in [0.15, 0.2) is 18.2 Å². The molecule has 3 rings (SSSR count). The zero-order valence-corrected chi connectivity index (χ0v) is 7.90. The summed E-state index contributed by atoms with van der Waals surface area (Å²) in [6.45, 7) is 2.09. The lowest BCUT2D eigenvalue weighted by Gasteiger charge is -1.92. The predicted octanol–water partition coefficient (Wildman–Crippen LogP) is 1.20. The van der Waals surface area contributed by atoms with E-state index >= 15 is 0 Å². The smallest absolute Gasteiger partial charge is 0.335 e. The van der Waals surface area contributed by atoms with Crippen molar-refractivity contribution >= 4 is 32.4 Å². The Morgan fingerprint density at radius 3 is 3.31 bits per heavy atom. The van der Waals surface area contributed by atoms with Crippen LogP contribution in [0.3, 0.4) is 0 Å². The van der Waals surface area contributed by atoms with E-state index in [4.69, 9.17) is 5.73 Å². The van der Waals surface area contributed by atoms with Gasteiger partial charge in [0.15, 0.2) is 0 Å². The number of nitrogens with one attached hydrogen (secondary N) is 1. The molecule has 0 unspecified atom stereocenters. The molecule has 0 saturated heterocycles. The van der Waals surface area contributed by atoms with Gasteiger partial charge in [-0.1, -0.05) is 0 Å². The molecule has 3 N–H and O–H groups in total. The molecule has 0 bridgehead atoms. The summed E-state index contributed by atoms with van der Waals surface area (Å²) in [7, 11) is 0. The van der Waals surface area contributed by atoms with Gasteiger partial charge in [-0.3, -0.25) is 5.32 Å². The van der Waals surface area contributed by atoms with Crippen molar-refractivity contribution in [3.63, 3.8) is 0 Å². The topological polar surface area (TPSA) is 41.9 Å². The molecule has 0 amide bonds. The second-order valence-electron chi connectivity index (χ2n) is 3.21. The van der Waals surface area contributed by atoms with E-state index in [-0.39, 0.29) is 0 Å². The van der Waals surface area contributed by atoms with E-state index in [1.54, 1.807) is 11.3 Å². The fourth-order valence-corrected chi connectivity index (χ4v) is 2.82. The number of anilines is 2. The molecule has 2 heterocycles. The lowest BCUT2D eigenvalue weighted by Crippen LogP contribution is -2.28. The molecule has 0 saturated carbocycles. The number of rotatable bonds is 0. The van der Waals surface area contributed by atoms with E-state index in [0.717, 1.165) is 18.8 Å². The summed E-state index contributed by atoms with van der Waals surface area (Å²) in [4.78, 5) is 0. The molecule has 4 heteroatoms. The molecular formula is C9H10N3S+. The van der Waals surface area contributed by atoms with Crippen LogP contribution < -0.4 is 15.6 Å². The molecule has 2 aromatic rings. The zero-order valence-electron chi connectivity index (χ0n) is 7.08. The molecule has 66 valence electrons. The van der Waals surface area contributed by atoms with Gasteiger partial charge in [-0.25, -0.2) is 4.57 Å². The highest BCUT2D eigenvalue weighted by molar-refractivity contribution is 7.21. The Labute approximate surface area is 79.8 Å². The van der Waals surface area contributed by atoms with Gasteiger partial charge < -0.3 is 5.73 Å². The van der Waals surface area contributed by atoms with Gasteiger partial charge in [-0.15, -0.1) is 0 Å². The van der Waals surface area contributed by atoms with Gasteiger partial charge in [0.25, 0.3) is 0 Å². The number of hydrogen-bond donors (Lipinski definition) is 2. The number of hydrogen-bond acceptors (Lipinski definition) is 3. The Bertz CT molecular complexity index is 475. The first kappa shape index (κ1) is 7.15. The fraction of sp³-hybridized carbons (Fsp3) is 0.222. The Kier molecular flexibility index (Phi) is 1.29. The Balaban J connectivity index is 2.40. The molecule has 0 aliphatic carbocycles. The summed E-state index contributed by atoms with van der Waals surface area (Å²) in [5.41, 5.74) is 7.84. The van der Waals surface area contributed by atoms with Crippen molar-refractivity contribution in [3.05, 3.63) is 18.2 Å². The highest BCUT2D eigenvalue weighted by Crippen LogP contribution is 2.27. The number of nitrogens with zero attached hydrogens (tertiary/aromatic N) is 1. The minimum Gasteiger partial charge on any atom is -0.399 e. The van der Waals surface area contributed by atoms with Gasteiger partial charge in [-0.05, 0) is 23.5 Å². The third-order valence-corrected chi connectivity index (χ3v) is 3.46. The monoisotopic (exact) mass is 192 g/mol. The minimum atomic E-state index is 0.840. The second-order valence-corrected chi connectivity index (χ2v) is 4.24. The van der Waals surface area contributed by atoms with Crippen molar-refractivity contribution in [2.24, 2.45) is 0 Å². The molecule has 0 atom stereocenters. The molecule has 1 aliphatic rings. The Morgan fingerprint density at radius 1 is 1.46 bits per heavy atom. The molecular weight excluding hydrogens is 182 g/mol. The van der Waals surface area contributed by atoms with Crippen molar-refractivity contribution in [2.75, 3.05) is 17.6 Å². The van der Waals surface area contributed by atoms with E-state index in [1.165, 1.54) is 15.3 Å². The van der Waals surface area contributed by atoms with Crippen molar-refractivity contribution in [3.8, 4) is 0 Å². The van der Waals surface area contributed by atoms with Gasteiger partial charge in [0.2, 0.25) is 0 Å². The summed E-state index contributed by atoms with van der Waals surface area (Å²) in [6, 6.07) is 6.08. The average molecular weight is 192 g/mol.